The molecule has 0 spiro atoms. The minimum Gasteiger partial charge on any atom is -0.383 e. The maximum atomic E-state index is 5.29. The number of halogens is 1. The van der Waals surface area contributed by atoms with Crippen molar-refractivity contribution in [3.63, 3.8) is 0 Å². The molecule has 6 heteroatoms. The van der Waals surface area contributed by atoms with Gasteiger partial charge in [0, 0.05) is 20.2 Å². The number of aromatic nitrogens is 3. The molecule has 0 radical (unpaired) electrons. The minimum absolute atomic E-state index is 0.248. The first kappa shape index (κ1) is 15.2. The van der Waals surface area contributed by atoms with Crippen LogP contribution in [0.25, 0.3) is 0 Å². The van der Waals surface area contributed by atoms with Crippen molar-refractivity contribution in [1.29, 1.82) is 0 Å². The van der Waals surface area contributed by atoms with E-state index in [0.717, 1.165) is 12.2 Å². The average Bonchev–Trinajstić information content (AvgIpc) is 2.76. The van der Waals surface area contributed by atoms with Crippen molar-refractivity contribution in [2.45, 2.75) is 19.0 Å². The molecule has 1 unspecified atom stereocenters. The van der Waals surface area contributed by atoms with E-state index in [1.807, 2.05) is 13.1 Å². The molecule has 0 saturated carbocycles. The van der Waals surface area contributed by atoms with Gasteiger partial charge in [-0.15, -0.1) is 5.10 Å². The molecule has 1 N–H and O–H groups in total. The Morgan fingerprint density at radius 2 is 2.10 bits per heavy atom. The van der Waals surface area contributed by atoms with Crippen LogP contribution < -0.4 is 5.32 Å². The van der Waals surface area contributed by atoms with Gasteiger partial charge in [-0.1, -0.05) is 30.3 Å². The molecular weight excluding hydrogens is 320 g/mol. The molecule has 2 rings (SSSR count). The third-order valence-electron chi connectivity index (χ3n) is 3.07. The largest absolute Gasteiger partial charge is 0.383 e. The fourth-order valence-corrected chi connectivity index (χ4v) is 2.50. The number of hydrogen-bond donors (Lipinski definition) is 1. The van der Waals surface area contributed by atoms with Crippen LogP contribution in [0.15, 0.2) is 35.1 Å². The number of rotatable bonds is 7. The zero-order valence-electron chi connectivity index (χ0n) is 11.7. The highest BCUT2D eigenvalue weighted by atomic mass is 79.9. The molecule has 2 aromatic rings. The van der Waals surface area contributed by atoms with E-state index in [1.165, 1.54) is 5.56 Å². The van der Waals surface area contributed by atoms with Crippen molar-refractivity contribution >= 4 is 15.9 Å². The summed E-state index contributed by atoms with van der Waals surface area (Å²) in [6.45, 7) is 1.32. The molecule has 1 atom stereocenters. The zero-order chi connectivity index (χ0) is 14.4. The van der Waals surface area contributed by atoms with Gasteiger partial charge in [-0.25, -0.2) is 4.98 Å². The molecule has 1 heterocycles. The van der Waals surface area contributed by atoms with E-state index in [4.69, 9.17) is 4.74 Å². The molecule has 0 aliphatic carbocycles. The number of benzene rings is 1. The zero-order valence-corrected chi connectivity index (χ0v) is 13.3. The van der Waals surface area contributed by atoms with Gasteiger partial charge in [-0.2, -0.15) is 0 Å². The molecule has 1 aromatic carbocycles. The van der Waals surface area contributed by atoms with E-state index < -0.39 is 0 Å². The smallest absolute Gasteiger partial charge is 0.217 e. The fraction of sp³-hybridized carbons (Fsp3) is 0.429. The summed E-state index contributed by atoms with van der Waals surface area (Å²) in [7, 11) is 3.61. The van der Waals surface area contributed by atoms with Gasteiger partial charge in [-0.3, -0.25) is 4.68 Å². The summed E-state index contributed by atoms with van der Waals surface area (Å²) in [5.41, 5.74) is 1.29. The summed E-state index contributed by atoms with van der Waals surface area (Å²) in [6, 6.07) is 10.6. The van der Waals surface area contributed by atoms with Crippen LogP contribution in [0.2, 0.25) is 0 Å². The lowest BCUT2D eigenvalue weighted by molar-refractivity contribution is 0.165. The molecule has 0 saturated heterocycles. The van der Waals surface area contributed by atoms with Crippen molar-refractivity contribution in [1.82, 2.24) is 20.1 Å². The lowest BCUT2D eigenvalue weighted by atomic mass is 10.1. The predicted molar refractivity (Wildman–Crippen MR) is 81.4 cm³/mol. The van der Waals surface area contributed by atoms with E-state index in [2.05, 4.69) is 55.6 Å². The molecule has 0 aliphatic heterocycles. The molecule has 5 nitrogen and oxygen atoms in total. The van der Waals surface area contributed by atoms with Gasteiger partial charge in [0.1, 0.15) is 5.82 Å². The van der Waals surface area contributed by atoms with Gasteiger partial charge in [0.2, 0.25) is 4.73 Å². The van der Waals surface area contributed by atoms with Crippen LogP contribution >= 0.6 is 15.9 Å². The SMILES string of the molecule is COCC(Cc1ccccc1)NCc1nc(Br)nn1C. The number of nitrogens with zero attached hydrogens (tertiary/aromatic N) is 3. The summed E-state index contributed by atoms with van der Waals surface area (Å²) in [5.74, 6) is 0.894. The number of hydrogen-bond acceptors (Lipinski definition) is 4. The second-order valence-corrected chi connectivity index (χ2v) is 5.35. The normalized spacial score (nSPS) is 12.6. The fourth-order valence-electron chi connectivity index (χ4n) is 2.06. The number of ether oxygens (including phenoxy) is 1. The third-order valence-corrected chi connectivity index (χ3v) is 3.40. The van der Waals surface area contributed by atoms with Crippen molar-refractivity contribution in [3.05, 3.63) is 46.5 Å². The Bertz CT molecular complexity index is 529. The van der Waals surface area contributed by atoms with Crippen molar-refractivity contribution in [3.8, 4) is 0 Å². The van der Waals surface area contributed by atoms with Gasteiger partial charge in [0.15, 0.2) is 0 Å². The first-order valence-corrected chi connectivity index (χ1v) is 7.30. The van der Waals surface area contributed by atoms with Gasteiger partial charge >= 0.3 is 0 Å². The molecule has 0 aliphatic rings. The predicted octanol–water partition coefficient (Wildman–Crippen LogP) is 1.92. The van der Waals surface area contributed by atoms with Crippen LogP contribution in [-0.4, -0.2) is 34.5 Å². The van der Waals surface area contributed by atoms with Gasteiger partial charge in [-0.05, 0) is 27.9 Å². The number of nitrogens with one attached hydrogen (secondary N) is 1. The Labute approximate surface area is 127 Å². The highest BCUT2D eigenvalue weighted by molar-refractivity contribution is 9.10. The molecule has 108 valence electrons. The van der Waals surface area contributed by atoms with E-state index in [0.29, 0.717) is 17.9 Å². The number of aryl methyl sites for hydroxylation is 1. The van der Waals surface area contributed by atoms with E-state index in [-0.39, 0.29) is 6.04 Å². The second kappa shape index (κ2) is 7.52. The number of methoxy groups -OCH3 is 1. The van der Waals surface area contributed by atoms with Gasteiger partial charge < -0.3 is 10.1 Å². The maximum Gasteiger partial charge on any atom is 0.217 e. The van der Waals surface area contributed by atoms with Gasteiger partial charge in [0.25, 0.3) is 0 Å². The third kappa shape index (κ3) is 4.40. The molecule has 0 bridgehead atoms. The van der Waals surface area contributed by atoms with Crippen molar-refractivity contribution in [2.24, 2.45) is 7.05 Å². The van der Waals surface area contributed by atoms with Crippen LogP contribution in [0.5, 0.6) is 0 Å². The summed E-state index contributed by atoms with van der Waals surface area (Å²) in [6.07, 6.45) is 0.924. The average molecular weight is 339 g/mol. The summed E-state index contributed by atoms with van der Waals surface area (Å²) in [5, 5.41) is 7.64. The molecule has 0 fully saturated rings. The Kier molecular flexibility index (Phi) is 5.70. The monoisotopic (exact) mass is 338 g/mol. The van der Waals surface area contributed by atoms with E-state index in [9.17, 15) is 0 Å². The summed E-state index contributed by atoms with van der Waals surface area (Å²) in [4.78, 5) is 4.31. The first-order valence-electron chi connectivity index (χ1n) is 6.50. The highest BCUT2D eigenvalue weighted by Gasteiger charge is 2.11. The Morgan fingerprint density at radius 3 is 2.70 bits per heavy atom. The Hall–Kier alpha value is -1.24. The topological polar surface area (TPSA) is 52.0 Å². The van der Waals surface area contributed by atoms with Crippen LogP contribution in [0.1, 0.15) is 11.4 Å². The second-order valence-electron chi connectivity index (χ2n) is 4.64. The van der Waals surface area contributed by atoms with Crippen molar-refractivity contribution < 1.29 is 4.74 Å². The lowest BCUT2D eigenvalue weighted by Gasteiger charge is -2.17. The van der Waals surface area contributed by atoms with Crippen molar-refractivity contribution in [2.75, 3.05) is 13.7 Å². The minimum atomic E-state index is 0.248. The van der Waals surface area contributed by atoms with Crippen LogP contribution in [0.4, 0.5) is 0 Å². The molecule has 1 aromatic heterocycles. The molecular formula is C14H19BrN4O. The van der Waals surface area contributed by atoms with E-state index >= 15 is 0 Å². The standard InChI is InChI=1S/C14H19BrN4O/c1-19-13(17-14(15)18-19)9-16-12(10-20-2)8-11-6-4-3-5-7-11/h3-7,12,16H,8-10H2,1-2H3. The van der Waals surface area contributed by atoms with Crippen LogP contribution in [0.3, 0.4) is 0 Å². The van der Waals surface area contributed by atoms with E-state index in [1.54, 1.807) is 11.8 Å². The summed E-state index contributed by atoms with van der Waals surface area (Å²) >= 11 is 3.28. The highest BCUT2D eigenvalue weighted by Crippen LogP contribution is 2.06. The maximum absolute atomic E-state index is 5.29. The molecule has 0 amide bonds. The Morgan fingerprint density at radius 1 is 1.35 bits per heavy atom. The first-order chi connectivity index (χ1) is 9.69. The quantitative estimate of drug-likeness (QED) is 0.838. The van der Waals surface area contributed by atoms with Crippen LogP contribution in [0, 0.1) is 0 Å². The Balaban J connectivity index is 1.94. The van der Waals surface area contributed by atoms with Gasteiger partial charge in [0.05, 0.1) is 13.2 Å². The molecule has 20 heavy (non-hydrogen) atoms. The lowest BCUT2D eigenvalue weighted by Crippen LogP contribution is -2.35. The summed E-state index contributed by atoms with van der Waals surface area (Å²) < 4.78 is 7.67. The van der Waals surface area contributed by atoms with Crippen LogP contribution in [-0.2, 0) is 24.8 Å².